The molecule has 0 spiro atoms. The second-order valence-corrected chi connectivity index (χ2v) is 6.13. The Morgan fingerprint density at radius 2 is 1.62 bits per heavy atom. The Morgan fingerprint density at radius 1 is 1.04 bits per heavy atom. The lowest BCUT2D eigenvalue weighted by molar-refractivity contribution is -0.116. The standard InChI is InChI=1S/C17H12Cl2N2O3/c1-9-6-7-12(18)15(14(9)19)20-13(22)8-21-16(23)10-4-2-3-5-11(10)17(21)24/h2-7H,8H2,1H3,(H,20,22). The lowest BCUT2D eigenvalue weighted by Gasteiger charge is -2.15. The molecule has 0 radical (unpaired) electrons. The number of fused-ring (bicyclic) bond motifs is 1. The second-order valence-electron chi connectivity index (χ2n) is 5.34. The normalized spacial score (nSPS) is 13.2. The first-order valence-electron chi connectivity index (χ1n) is 7.10. The van der Waals surface area contributed by atoms with Crippen LogP contribution in [-0.4, -0.2) is 29.2 Å². The van der Waals surface area contributed by atoms with E-state index in [1.165, 1.54) is 0 Å². The third-order valence-electron chi connectivity index (χ3n) is 3.73. The number of hydrogen-bond acceptors (Lipinski definition) is 3. The maximum atomic E-state index is 12.3. The first-order valence-corrected chi connectivity index (χ1v) is 7.85. The molecule has 0 saturated heterocycles. The van der Waals surface area contributed by atoms with Crippen molar-refractivity contribution >= 4 is 46.6 Å². The summed E-state index contributed by atoms with van der Waals surface area (Å²) in [7, 11) is 0. The van der Waals surface area contributed by atoms with E-state index in [2.05, 4.69) is 5.32 Å². The van der Waals surface area contributed by atoms with Crippen molar-refractivity contribution in [1.29, 1.82) is 0 Å². The minimum atomic E-state index is -0.557. The number of benzene rings is 2. The summed E-state index contributed by atoms with van der Waals surface area (Å²) < 4.78 is 0. The Balaban J connectivity index is 1.79. The molecular weight excluding hydrogens is 351 g/mol. The highest BCUT2D eigenvalue weighted by Gasteiger charge is 2.36. The van der Waals surface area contributed by atoms with Crippen LogP contribution in [0.15, 0.2) is 36.4 Å². The van der Waals surface area contributed by atoms with Crippen LogP contribution in [0.1, 0.15) is 26.3 Å². The number of amides is 3. The molecule has 1 aliphatic heterocycles. The average Bonchev–Trinajstić information content (AvgIpc) is 2.81. The fourth-order valence-corrected chi connectivity index (χ4v) is 2.94. The van der Waals surface area contributed by atoms with Crippen LogP contribution in [0.2, 0.25) is 10.0 Å². The molecule has 24 heavy (non-hydrogen) atoms. The Labute approximate surface area is 148 Å². The zero-order valence-electron chi connectivity index (χ0n) is 12.6. The van der Waals surface area contributed by atoms with E-state index < -0.39 is 24.3 Å². The van der Waals surface area contributed by atoms with E-state index in [9.17, 15) is 14.4 Å². The Kier molecular flexibility index (Phi) is 4.30. The minimum Gasteiger partial charge on any atom is -0.322 e. The van der Waals surface area contributed by atoms with Crippen LogP contribution < -0.4 is 5.32 Å². The van der Waals surface area contributed by atoms with E-state index >= 15 is 0 Å². The van der Waals surface area contributed by atoms with Gasteiger partial charge in [-0.2, -0.15) is 0 Å². The molecule has 0 unspecified atom stereocenters. The maximum absolute atomic E-state index is 12.3. The second kappa shape index (κ2) is 6.26. The first-order chi connectivity index (χ1) is 11.4. The summed E-state index contributed by atoms with van der Waals surface area (Å²) in [5, 5.41) is 3.16. The number of aryl methyl sites for hydroxylation is 1. The van der Waals surface area contributed by atoms with Gasteiger partial charge in [0.25, 0.3) is 11.8 Å². The molecule has 7 heteroatoms. The molecule has 2 aromatic carbocycles. The topological polar surface area (TPSA) is 66.5 Å². The van der Waals surface area contributed by atoms with Gasteiger partial charge in [0.05, 0.1) is 26.9 Å². The van der Waals surface area contributed by atoms with Gasteiger partial charge in [0.1, 0.15) is 6.54 Å². The predicted molar refractivity (Wildman–Crippen MR) is 91.6 cm³/mol. The van der Waals surface area contributed by atoms with Crippen molar-refractivity contribution in [3.63, 3.8) is 0 Å². The molecule has 122 valence electrons. The number of hydrogen-bond donors (Lipinski definition) is 1. The van der Waals surface area contributed by atoms with Gasteiger partial charge >= 0.3 is 0 Å². The number of halogens is 2. The van der Waals surface area contributed by atoms with Crippen molar-refractivity contribution in [1.82, 2.24) is 4.90 Å². The van der Waals surface area contributed by atoms with Gasteiger partial charge in [-0.1, -0.05) is 41.4 Å². The van der Waals surface area contributed by atoms with E-state index in [0.29, 0.717) is 16.1 Å². The molecular formula is C17H12Cl2N2O3. The zero-order chi connectivity index (χ0) is 17.4. The average molecular weight is 363 g/mol. The molecule has 3 amide bonds. The van der Waals surface area contributed by atoms with Crippen molar-refractivity contribution in [2.24, 2.45) is 0 Å². The van der Waals surface area contributed by atoms with Gasteiger partial charge in [0, 0.05) is 0 Å². The molecule has 3 rings (SSSR count). The predicted octanol–water partition coefficient (Wildman–Crippen LogP) is 3.54. The van der Waals surface area contributed by atoms with Crippen LogP contribution in [0.3, 0.4) is 0 Å². The van der Waals surface area contributed by atoms with Crippen molar-refractivity contribution in [3.8, 4) is 0 Å². The van der Waals surface area contributed by atoms with Crippen LogP contribution in [0.4, 0.5) is 5.69 Å². The van der Waals surface area contributed by atoms with Crippen LogP contribution >= 0.6 is 23.2 Å². The third-order valence-corrected chi connectivity index (χ3v) is 4.53. The molecule has 0 saturated carbocycles. The number of carbonyl (C=O) groups is 3. The van der Waals surface area contributed by atoms with E-state index in [0.717, 1.165) is 10.5 Å². The van der Waals surface area contributed by atoms with Gasteiger partial charge in [0.2, 0.25) is 5.91 Å². The number of nitrogens with zero attached hydrogens (tertiary/aromatic N) is 1. The molecule has 0 aromatic heterocycles. The van der Waals surface area contributed by atoms with Gasteiger partial charge in [0.15, 0.2) is 0 Å². The van der Waals surface area contributed by atoms with Crippen molar-refractivity contribution in [2.75, 3.05) is 11.9 Å². The summed E-state index contributed by atoms with van der Waals surface area (Å²) >= 11 is 12.2. The van der Waals surface area contributed by atoms with Gasteiger partial charge < -0.3 is 5.32 Å². The highest BCUT2D eigenvalue weighted by Crippen LogP contribution is 2.33. The molecule has 0 fully saturated rings. The van der Waals surface area contributed by atoms with E-state index in [1.807, 2.05) is 0 Å². The molecule has 1 N–H and O–H groups in total. The SMILES string of the molecule is Cc1ccc(Cl)c(NC(=O)CN2C(=O)c3ccccc3C2=O)c1Cl. The lowest BCUT2D eigenvalue weighted by atomic mass is 10.1. The highest BCUT2D eigenvalue weighted by molar-refractivity contribution is 6.40. The summed E-state index contributed by atoms with van der Waals surface area (Å²) in [5.41, 5.74) is 1.60. The van der Waals surface area contributed by atoms with Crippen LogP contribution in [0.25, 0.3) is 0 Å². The molecule has 0 bridgehead atoms. The number of imide groups is 1. The van der Waals surface area contributed by atoms with Gasteiger partial charge in [-0.3, -0.25) is 19.3 Å². The Hall–Kier alpha value is -2.37. The largest absolute Gasteiger partial charge is 0.322 e. The smallest absolute Gasteiger partial charge is 0.262 e. The molecule has 1 aliphatic rings. The molecule has 1 heterocycles. The van der Waals surface area contributed by atoms with Crippen molar-refractivity contribution < 1.29 is 14.4 Å². The van der Waals surface area contributed by atoms with Gasteiger partial charge in [-0.05, 0) is 30.7 Å². The maximum Gasteiger partial charge on any atom is 0.262 e. The van der Waals surface area contributed by atoms with Gasteiger partial charge in [-0.15, -0.1) is 0 Å². The fourth-order valence-electron chi connectivity index (χ4n) is 2.48. The summed E-state index contributed by atoms with van der Waals surface area (Å²) in [4.78, 5) is 37.7. The molecule has 0 atom stereocenters. The Morgan fingerprint density at radius 3 is 2.21 bits per heavy atom. The van der Waals surface area contributed by atoms with Crippen molar-refractivity contribution in [2.45, 2.75) is 6.92 Å². The monoisotopic (exact) mass is 362 g/mol. The highest BCUT2D eigenvalue weighted by atomic mass is 35.5. The molecule has 5 nitrogen and oxygen atoms in total. The van der Waals surface area contributed by atoms with Crippen molar-refractivity contribution in [3.05, 3.63) is 63.1 Å². The number of rotatable bonds is 3. The molecule has 2 aromatic rings. The number of anilines is 1. The third kappa shape index (κ3) is 2.77. The van der Waals surface area contributed by atoms with Crippen LogP contribution in [0.5, 0.6) is 0 Å². The van der Waals surface area contributed by atoms with E-state index in [1.54, 1.807) is 43.3 Å². The fraction of sp³-hybridized carbons (Fsp3) is 0.118. The van der Waals surface area contributed by atoms with Gasteiger partial charge in [-0.25, -0.2) is 0 Å². The minimum absolute atomic E-state index is 0.264. The van der Waals surface area contributed by atoms with E-state index in [4.69, 9.17) is 23.2 Å². The summed E-state index contributed by atoms with van der Waals surface area (Å²) in [6, 6.07) is 9.79. The van der Waals surface area contributed by atoms with Crippen LogP contribution in [-0.2, 0) is 4.79 Å². The zero-order valence-corrected chi connectivity index (χ0v) is 14.1. The summed E-state index contributed by atoms with van der Waals surface area (Å²) in [6.07, 6.45) is 0. The summed E-state index contributed by atoms with van der Waals surface area (Å²) in [6.45, 7) is 1.37. The molecule has 0 aliphatic carbocycles. The lowest BCUT2D eigenvalue weighted by Crippen LogP contribution is -2.37. The number of nitrogens with one attached hydrogen (secondary N) is 1. The number of carbonyl (C=O) groups excluding carboxylic acids is 3. The van der Waals surface area contributed by atoms with E-state index in [-0.39, 0.29) is 10.7 Å². The summed E-state index contributed by atoms with van der Waals surface area (Å²) in [5.74, 6) is -1.54. The first kappa shape index (κ1) is 16.5. The quantitative estimate of drug-likeness (QED) is 0.849. The van der Waals surface area contributed by atoms with Crippen LogP contribution in [0, 0.1) is 6.92 Å². The Bertz CT molecular complexity index is 845.